The van der Waals surface area contributed by atoms with Gasteiger partial charge in [0.05, 0.1) is 12.2 Å². The number of para-hydroxylation sites is 1. The molecule has 0 aliphatic heterocycles. The molecule has 130 valence electrons. The Hall–Kier alpha value is -2.50. The minimum absolute atomic E-state index is 0. The van der Waals surface area contributed by atoms with Crippen LogP contribution in [0.4, 0.5) is 5.69 Å². The number of rotatable bonds is 4. The van der Waals surface area contributed by atoms with Crippen molar-refractivity contribution in [2.24, 2.45) is 4.99 Å². The summed E-state index contributed by atoms with van der Waals surface area (Å²) in [5.41, 5.74) is 3.27. The highest BCUT2D eigenvalue weighted by molar-refractivity contribution is 7.03. The van der Waals surface area contributed by atoms with E-state index in [0.717, 1.165) is 28.4 Å². The Kier molecular flexibility index (Phi) is 6.15. The zero-order chi connectivity index (χ0) is 16.9. The van der Waals surface area contributed by atoms with Crippen LogP contribution in [0.2, 0.25) is 0 Å². The standard InChI is InChI=1S/C21H17N3S.BrH/c1-4-10-17(11-5-1)16-24-20(18-12-6-2-7-13-18)23-21(25-24)22-19-14-8-3-9-15-19;/h1-15H,16H2;1H/p-1. The van der Waals surface area contributed by atoms with Crippen molar-refractivity contribution in [3.63, 3.8) is 0 Å². The predicted molar refractivity (Wildman–Crippen MR) is 103 cm³/mol. The van der Waals surface area contributed by atoms with Gasteiger partial charge in [-0.3, -0.25) is 3.96 Å². The lowest BCUT2D eigenvalue weighted by atomic mass is 10.2. The van der Waals surface area contributed by atoms with E-state index in [1.165, 1.54) is 5.56 Å². The average molecular weight is 423 g/mol. The van der Waals surface area contributed by atoms with Gasteiger partial charge in [-0.1, -0.05) is 78.9 Å². The summed E-state index contributed by atoms with van der Waals surface area (Å²) in [7, 11) is 0. The van der Waals surface area contributed by atoms with Crippen molar-refractivity contribution in [2.75, 3.05) is 0 Å². The molecule has 4 rings (SSSR count). The number of aromatic nitrogens is 2. The smallest absolute Gasteiger partial charge is 0.227 e. The average Bonchev–Trinajstić information content (AvgIpc) is 3.06. The molecule has 0 spiro atoms. The van der Waals surface area contributed by atoms with E-state index in [-0.39, 0.29) is 17.0 Å². The molecule has 0 unspecified atom stereocenters. The van der Waals surface area contributed by atoms with Gasteiger partial charge >= 0.3 is 0 Å². The van der Waals surface area contributed by atoms with E-state index >= 15 is 0 Å². The summed E-state index contributed by atoms with van der Waals surface area (Å²) < 4.78 is 2.20. The third kappa shape index (κ3) is 4.36. The Labute approximate surface area is 167 Å². The minimum Gasteiger partial charge on any atom is -1.00 e. The van der Waals surface area contributed by atoms with Gasteiger partial charge in [0.15, 0.2) is 5.82 Å². The van der Waals surface area contributed by atoms with Gasteiger partial charge in [0.2, 0.25) is 4.80 Å². The van der Waals surface area contributed by atoms with E-state index in [4.69, 9.17) is 4.98 Å². The number of benzene rings is 3. The van der Waals surface area contributed by atoms with Crippen molar-refractivity contribution in [3.05, 3.63) is 101 Å². The lowest BCUT2D eigenvalue weighted by Gasteiger charge is -2.06. The van der Waals surface area contributed by atoms with Crippen LogP contribution >= 0.6 is 11.5 Å². The molecule has 0 atom stereocenters. The summed E-state index contributed by atoms with van der Waals surface area (Å²) in [5, 5.41) is 0. The van der Waals surface area contributed by atoms with E-state index in [0.29, 0.717) is 0 Å². The van der Waals surface area contributed by atoms with Gasteiger partial charge in [-0.05, 0) is 29.2 Å². The van der Waals surface area contributed by atoms with Crippen molar-refractivity contribution in [3.8, 4) is 11.4 Å². The van der Waals surface area contributed by atoms with Crippen LogP contribution in [0, 0.1) is 0 Å². The van der Waals surface area contributed by atoms with Gasteiger partial charge in [-0.15, -0.1) is 0 Å². The van der Waals surface area contributed by atoms with Gasteiger partial charge < -0.3 is 17.0 Å². The first-order valence-corrected chi connectivity index (χ1v) is 8.93. The Morgan fingerprint density at radius 2 is 1.35 bits per heavy atom. The zero-order valence-corrected chi connectivity index (χ0v) is 16.4. The van der Waals surface area contributed by atoms with Crippen LogP contribution in [-0.4, -0.2) is 8.94 Å². The molecule has 4 aromatic rings. The second-order valence-corrected chi connectivity index (χ2v) is 6.63. The predicted octanol–water partition coefficient (Wildman–Crippen LogP) is 1.90. The van der Waals surface area contributed by atoms with Crippen LogP contribution in [0.15, 0.2) is 96.0 Å². The molecule has 0 amide bonds. The zero-order valence-electron chi connectivity index (χ0n) is 14.0. The highest BCUT2D eigenvalue weighted by Crippen LogP contribution is 2.19. The molecule has 0 aliphatic carbocycles. The van der Waals surface area contributed by atoms with Crippen LogP contribution in [0.25, 0.3) is 11.4 Å². The third-order valence-electron chi connectivity index (χ3n) is 3.81. The molecule has 0 radical (unpaired) electrons. The molecule has 0 aliphatic rings. The highest BCUT2D eigenvalue weighted by atomic mass is 79.9. The summed E-state index contributed by atoms with van der Waals surface area (Å²) >= 11 is 1.58. The fourth-order valence-electron chi connectivity index (χ4n) is 2.62. The number of hydrogen-bond donors (Lipinski definition) is 0. The minimum atomic E-state index is 0. The van der Waals surface area contributed by atoms with E-state index in [1.807, 2.05) is 54.6 Å². The normalized spacial score (nSPS) is 11.2. The number of halogens is 1. The molecular formula is C21H17BrN3S-. The SMILES string of the molecule is [Br-].c1ccc(Cn2sc(=Nc3ccccc3)nc2-c2ccccc2)cc1. The van der Waals surface area contributed by atoms with Crippen molar-refractivity contribution in [1.29, 1.82) is 0 Å². The van der Waals surface area contributed by atoms with Crippen LogP contribution in [0.3, 0.4) is 0 Å². The molecule has 1 aromatic heterocycles. The second-order valence-electron chi connectivity index (χ2n) is 5.64. The quantitative estimate of drug-likeness (QED) is 0.493. The molecule has 1 heterocycles. The van der Waals surface area contributed by atoms with E-state index in [2.05, 4.69) is 45.3 Å². The Bertz CT molecular complexity index is 1010. The van der Waals surface area contributed by atoms with E-state index in [9.17, 15) is 0 Å². The van der Waals surface area contributed by atoms with Crippen LogP contribution in [0.1, 0.15) is 5.56 Å². The first kappa shape index (κ1) is 18.3. The van der Waals surface area contributed by atoms with Crippen molar-refractivity contribution >= 4 is 17.2 Å². The summed E-state index contributed by atoms with van der Waals surface area (Å²) in [6, 6.07) is 30.7. The van der Waals surface area contributed by atoms with Gasteiger partial charge in [0.1, 0.15) is 0 Å². The Balaban J connectivity index is 0.00000196. The maximum atomic E-state index is 4.79. The van der Waals surface area contributed by atoms with E-state index < -0.39 is 0 Å². The summed E-state index contributed by atoms with van der Waals surface area (Å²) in [4.78, 5) is 10.2. The Morgan fingerprint density at radius 1 is 0.769 bits per heavy atom. The molecule has 5 heteroatoms. The fraction of sp³-hybridized carbons (Fsp3) is 0.0476. The van der Waals surface area contributed by atoms with Crippen molar-refractivity contribution in [2.45, 2.75) is 6.54 Å². The number of hydrogen-bond acceptors (Lipinski definition) is 3. The topological polar surface area (TPSA) is 30.2 Å². The molecule has 3 aromatic carbocycles. The van der Waals surface area contributed by atoms with Gasteiger partial charge in [0, 0.05) is 5.56 Å². The molecule has 0 fully saturated rings. The summed E-state index contributed by atoms with van der Waals surface area (Å²) in [6.45, 7) is 0.785. The second kappa shape index (κ2) is 8.74. The maximum Gasteiger partial charge on any atom is 0.227 e. The molecular weight excluding hydrogens is 406 g/mol. The number of nitrogens with zero attached hydrogens (tertiary/aromatic N) is 3. The lowest BCUT2D eigenvalue weighted by molar-refractivity contribution is -0.00000498. The largest absolute Gasteiger partial charge is 1.00 e. The van der Waals surface area contributed by atoms with Crippen molar-refractivity contribution in [1.82, 2.24) is 8.94 Å². The van der Waals surface area contributed by atoms with Crippen LogP contribution < -0.4 is 21.8 Å². The molecule has 0 saturated heterocycles. The molecule has 0 saturated carbocycles. The summed E-state index contributed by atoms with van der Waals surface area (Å²) in [5.74, 6) is 0.948. The maximum absolute atomic E-state index is 4.79. The molecule has 26 heavy (non-hydrogen) atoms. The summed E-state index contributed by atoms with van der Waals surface area (Å²) in [6.07, 6.45) is 0. The highest BCUT2D eigenvalue weighted by Gasteiger charge is 2.09. The van der Waals surface area contributed by atoms with Crippen molar-refractivity contribution < 1.29 is 17.0 Å². The monoisotopic (exact) mass is 422 g/mol. The molecule has 0 N–H and O–H groups in total. The van der Waals surface area contributed by atoms with E-state index in [1.54, 1.807) is 11.5 Å². The van der Waals surface area contributed by atoms with Gasteiger partial charge in [0.25, 0.3) is 0 Å². The van der Waals surface area contributed by atoms with Crippen LogP contribution in [0.5, 0.6) is 0 Å². The Morgan fingerprint density at radius 3 is 2.00 bits per heavy atom. The first-order chi connectivity index (χ1) is 12.4. The first-order valence-electron chi connectivity index (χ1n) is 8.16. The lowest BCUT2D eigenvalue weighted by Crippen LogP contribution is -3.00. The van der Waals surface area contributed by atoms with Crippen LogP contribution in [-0.2, 0) is 6.54 Å². The van der Waals surface area contributed by atoms with Gasteiger partial charge in [-0.2, -0.15) is 4.98 Å². The van der Waals surface area contributed by atoms with Gasteiger partial charge in [-0.25, -0.2) is 4.99 Å². The molecule has 0 bridgehead atoms. The molecule has 3 nitrogen and oxygen atoms in total. The third-order valence-corrected chi connectivity index (χ3v) is 4.68. The fourth-order valence-corrected chi connectivity index (χ4v) is 3.54.